The SMILES string of the molecule is C#Cc1ccc(NC2CNC2)cc1C(=O)N[C@H](C)c1ccc(C#CCC)c2ccccc12. The second kappa shape index (κ2) is 9.60. The fourth-order valence-electron chi connectivity index (χ4n) is 3.92. The molecule has 160 valence electrons. The number of anilines is 1. The summed E-state index contributed by atoms with van der Waals surface area (Å²) < 4.78 is 0. The zero-order valence-corrected chi connectivity index (χ0v) is 18.5. The third kappa shape index (κ3) is 4.47. The van der Waals surface area contributed by atoms with Crippen LogP contribution in [0.4, 0.5) is 5.69 Å². The van der Waals surface area contributed by atoms with Gasteiger partial charge in [0.05, 0.1) is 17.6 Å². The lowest BCUT2D eigenvalue weighted by atomic mass is 9.95. The van der Waals surface area contributed by atoms with Crippen molar-refractivity contribution < 1.29 is 4.79 Å². The van der Waals surface area contributed by atoms with Crippen molar-refractivity contribution in [2.24, 2.45) is 0 Å². The molecule has 1 fully saturated rings. The van der Waals surface area contributed by atoms with Crippen molar-refractivity contribution in [3.8, 4) is 24.2 Å². The molecule has 0 aliphatic carbocycles. The van der Waals surface area contributed by atoms with Crippen molar-refractivity contribution in [1.82, 2.24) is 10.6 Å². The topological polar surface area (TPSA) is 53.2 Å². The lowest BCUT2D eigenvalue weighted by Gasteiger charge is -2.29. The Morgan fingerprint density at radius 2 is 1.88 bits per heavy atom. The molecule has 0 radical (unpaired) electrons. The summed E-state index contributed by atoms with van der Waals surface area (Å²) in [6, 6.07) is 18.0. The predicted octanol–water partition coefficient (Wildman–Crippen LogP) is 4.46. The van der Waals surface area contributed by atoms with Crippen molar-refractivity contribution in [2.75, 3.05) is 18.4 Å². The summed E-state index contributed by atoms with van der Waals surface area (Å²) in [6.45, 7) is 5.87. The second-order valence-corrected chi connectivity index (χ2v) is 8.00. The van der Waals surface area contributed by atoms with Crippen LogP contribution >= 0.6 is 0 Å². The third-order valence-electron chi connectivity index (χ3n) is 5.74. The molecule has 3 aromatic carbocycles. The molecule has 1 aliphatic heterocycles. The van der Waals surface area contributed by atoms with E-state index in [9.17, 15) is 4.79 Å². The molecule has 1 amide bonds. The predicted molar refractivity (Wildman–Crippen MR) is 132 cm³/mol. The molecule has 3 N–H and O–H groups in total. The van der Waals surface area contributed by atoms with Gasteiger partial charge in [0.15, 0.2) is 0 Å². The molecule has 4 nitrogen and oxygen atoms in total. The highest BCUT2D eigenvalue weighted by atomic mass is 16.1. The monoisotopic (exact) mass is 421 g/mol. The molecule has 0 unspecified atom stereocenters. The van der Waals surface area contributed by atoms with E-state index in [1.807, 2.05) is 50.2 Å². The summed E-state index contributed by atoms with van der Waals surface area (Å²) >= 11 is 0. The third-order valence-corrected chi connectivity index (χ3v) is 5.74. The molecule has 0 saturated carbocycles. The van der Waals surface area contributed by atoms with E-state index in [-0.39, 0.29) is 11.9 Å². The lowest BCUT2D eigenvalue weighted by molar-refractivity contribution is 0.0940. The number of carbonyl (C=O) groups is 1. The highest BCUT2D eigenvalue weighted by Gasteiger charge is 2.19. The average molecular weight is 422 g/mol. The number of fused-ring (bicyclic) bond motifs is 1. The Morgan fingerprint density at radius 3 is 2.56 bits per heavy atom. The fraction of sp³-hybridized carbons (Fsp3) is 0.250. The van der Waals surface area contributed by atoms with Crippen LogP contribution in [0.25, 0.3) is 10.8 Å². The Kier molecular flexibility index (Phi) is 6.45. The van der Waals surface area contributed by atoms with Gasteiger partial charge in [-0.1, -0.05) is 55.0 Å². The molecule has 32 heavy (non-hydrogen) atoms. The molecule has 3 aromatic rings. The molecule has 4 rings (SSSR count). The van der Waals surface area contributed by atoms with Crippen molar-refractivity contribution >= 4 is 22.4 Å². The maximum absolute atomic E-state index is 13.2. The van der Waals surface area contributed by atoms with Crippen LogP contribution in [0.1, 0.15) is 53.4 Å². The molecule has 1 saturated heterocycles. The van der Waals surface area contributed by atoms with Gasteiger partial charge in [-0.25, -0.2) is 0 Å². The Morgan fingerprint density at radius 1 is 1.12 bits per heavy atom. The van der Waals surface area contributed by atoms with Crippen LogP contribution in [-0.4, -0.2) is 25.0 Å². The Bertz CT molecular complexity index is 1260. The van der Waals surface area contributed by atoms with Crippen LogP contribution in [-0.2, 0) is 0 Å². The minimum Gasteiger partial charge on any atom is -0.380 e. The van der Waals surface area contributed by atoms with Crippen LogP contribution in [0.5, 0.6) is 0 Å². The number of terminal acetylenes is 1. The molecule has 4 heteroatoms. The number of amides is 1. The first-order valence-corrected chi connectivity index (χ1v) is 11.0. The van der Waals surface area contributed by atoms with Gasteiger partial charge in [-0.05, 0) is 47.5 Å². The van der Waals surface area contributed by atoms with E-state index in [1.54, 1.807) is 0 Å². The average Bonchev–Trinajstić information content (AvgIpc) is 2.79. The van der Waals surface area contributed by atoms with Gasteiger partial charge in [-0.3, -0.25) is 4.79 Å². The number of rotatable bonds is 5. The molecule has 0 bridgehead atoms. The highest BCUT2D eigenvalue weighted by Crippen LogP contribution is 2.27. The van der Waals surface area contributed by atoms with Gasteiger partial charge in [0.25, 0.3) is 5.91 Å². The summed E-state index contributed by atoms with van der Waals surface area (Å²) in [4.78, 5) is 13.2. The molecule has 1 aliphatic rings. The fourth-order valence-corrected chi connectivity index (χ4v) is 3.92. The van der Waals surface area contributed by atoms with E-state index in [1.165, 1.54) is 0 Å². The minimum absolute atomic E-state index is 0.181. The number of hydrogen-bond acceptors (Lipinski definition) is 3. The summed E-state index contributed by atoms with van der Waals surface area (Å²) in [5, 5.41) is 12.0. The first-order valence-electron chi connectivity index (χ1n) is 11.0. The molecule has 0 spiro atoms. The second-order valence-electron chi connectivity index (χ2n) is 8.00. The quantitative estimate of drug-likeness (QED) is 0.533. The van der Waals surface area contributed by atoms with E-state index in [4.69, 9.17) is 6.42 Å². The van der Waals surface area contributed by atoms with E-state index < -0.39 is 0 Å². The van der Waals surface area contributed by atoms with Crippen LogP contribution in [0.2, 0.25) is 0 Å². The van der Waals surface area contributed by atoms with Gasteiger partial charge in [-0.15, -0.1) is 6.42 Å². The highest BCUT2D eigenvalue weighted by molar-refractivity contribution is 5.98. The molecule has 1 heterocycles. The lowest BCUT2D eigenvalue weighted by Crippen LogP contribution is -2.51. The van der Waals surface area contributed by atoms with Gasteiger partial charge in [0.1, 0.15) is 0 Å². The van der Waals surface area contributed by atoms with Gasteiger partial charge in [-0.2, -0.15) is 0 Å². The van der Waals surface area contributed by atoms with Crippen molar-refractivity contribution in [1.29, 1.82) is 0 Å². The first-order chi connectivity index (χ1) is 15.6. The van der Waals surface area contributed by atoms with Gasteiger partial charge in [0, 0.05) is 36.3 Å². The van der Waals surface area contributed by atoms with E-state index >= 15 is 0 Å². The van der Waals surface area contributed by atoms with Gasteiger partial charge >= 0.3 is 0 Å². The van der Waals surface area contributed by atoms with Crippen LogP contribution < -0.4 is 16.0 Å². The number of nitrogens with one attached hydrogen (secondary N) is 3. The summed E-state index contributed by atoms with van der Waals surface area (Å²) in [5.41, 5.74) is 4.04. The maximum atomic E-state index is 13.2. The van der Waals surface area contributed by atoms with E-state index in [0.717, 1.165) is 47.1 Å². The standard InChI is InChI=1S/C28H27N3O/c1-4-6-9-21-13-15-24(26-11-8-7-10-25(21)26)19(3)30-28(32)27-16-22(14-12-20(27)5-2)31-23-17-29-18-23/h2,7-8,10-16,19,23,29,31H,4,17-18H2,1,3H3,(H,30,32)/t19-/m1/s1. The van der Waals surface area contributed by atoms with Crippen molar-refractivity contribution in [3.63, 3.8) is 0 Å². The van der Waals surface area contributed by atoms with Gasteiger partial charge < -0.3 is 16.0 Å². The first kappa shape index (κ1) is 21.5. The zero-order chi connectivity index (χ0) is 22.5. The van der Waals surface area contributed by atoms with Crippen LogP contribution in [0.3, 0.4) is 0 Å². The van der Waals surface area contributed by atoms with Crippen molar-refractivity contribution in [2.45, 2.75) is 32.4 Å². The smallest absolute Gasteiger partial charge is 0.253 e. The number of carbonyl (C=O) groups excluding carboxylic acids is 1. The molecular weight excluding hydrogens is 394 g/mol. The normalized spacial score (nSPS) is 13.9. The molecule has 0 aromatic heterocycles. The maximum Gasteiger partial charge on any atom is 0.253 e. The Balaban J connectivity index is 1.61. The summed E-state index contributed by atoms with van der Waals surface area (Å²) in [5.74, 6) is 8.85. The van der Waals surface area contributed by atoms with E-state index in [2.05, 4.69) is 51.9 Å². The van der Waals surface area contributed by atoms with E-state index in [0.29, 0.717) is 17.2 Å². The zero-order valence-electron chi connectivity index (χ0n) is 18.5. The van der Waals surface area contributed by atoms with Crippen molar-refractivity contribution in [3.05, 3.63) is 76.9 Å². The van der Waals surface area contributed by atoms with Gasteiger partial charge in [0.2, 0.25) is 0 Å². The molecule has 1 atom stereocenters. The number of hydrogen-bond donors (Lipinski definition) is 3. The number of benzene rings is 3. The molecular formula is C28H27N3O. The largest absolute Gasteiger partial charge is 0.380 e. The summed E-state index contributed by atoms with van der Waals surface area (Å²) in [7, 11) is 0. The Hall–Kier alpha value is -3.73. The minimum atomic E-state index is -0.196. The van der Waals surface area contributed by atoms with Crippen LogP contribution in [0.15, 0.2) is 54.6 Å². The van der Waals surface area contributed by atoms with Crippen LogP contribution in [0, 0.1) is 24.2 Å². The summed E-state index contributed by atoms with van der Waals surface area (Å²) in [6.07, 6.45) is 6.49. The Labute approximate surface area is 189 Å².